The van der Waals surface area contributed by atoms with Gasteiger partial charge in [0.2, 0.25) is 0 Å². The normalized spacial score (nSPS) is 11.3. The molecule has 4 aromatic carbocycles. The summed E-state index contributed by atoms with van der Waals surface area (Å²) >= 11 is 0. The first-order valence-electron chi connectivity index (χ1n) is 12.6. The highest BCUT2D eigenvalue weighted by atomic mass is 16.3. The van der Waals surface area contributed by atoms with Crippen LogP contribution in [0.5, 0.6) is 0 Å². The van der Waals surface area contributed by atoms with E-state index in [0.29, 0.717) is 5.82 Å². The first kappa shape index (κ1) is 22.1. The molecule has 0 bridgehead atoms. The quantitative estimate of drug-likeness (QED) is 0.248. The maximum absolute atomic E-state index is 6.02. The van der Waals surface area contributed by atoms with Gasteiger partial charge in [-0.05, 0) is 47.9 Å². The van der Waals surface area contributed by atoms with Gasteiger partial charge in [0.15, 0.2) is 11.4 Å². The molecule has 0 atom stereocenters. The number of furan rings is 1. The Morgan fingerprint density at radius 3 is 1.84 bits per heavy atom. The summed E-state index contributed by atoms with van der Waals surface area (Å²) in [6.07, 6.45) is 1.88. The Morgan fingerprint density at radius 1 is 0.526 bits per heavy atom. The van der Waals surface area contributed by atoms with Crippen LogP contribution in [-0.2, 0) is 0 Å². The van der Waals surface area contributed by atoms with Gasteiger partial charge in [-0.3, -0.25) is 4.98 Å². The number of aromatic nitrogens is 3. The minimum Gasteiger partial charge on any atom is -0.454 e. The Balaban J connectivity index is 1.29. The van der Waals surface area contributed by atoms with Crippen LogP contribution in [0, 0.1) is 6.92 Å². The average Bonchev–Trinajstić information content (AvgIpc) is 3.34. The summed E-state index contributed by atoms with van der Waals surface area (Å²) in [6.45, 7) is 2.02. The summed E-state index contributed by atoms with van der Waals surface area (Å²) in [5.41, 5.74) is 10.8. The van der Waals surface area contributed by atoms with Gasteiger partial charge < -0.3 is 4.42 Å². The van der Waals surface area contributed by atoms with Gasteiger partial charge in [0.05, 0.1) is 11.4 Å². The second-order valence-electron chi connectivity index (χ2n) is 9.44. The Morgan fingerprint density at radius 2 is 1.13 bits per heavy atom. The first-order chi connectivity index (χ1) is 18.7. The van der Waals surface area contributed by atoms with Crippen molar-refractivity contribution in [3.8, 4) is 45.0 Å². The van der Waals surface area contributed by atoms with Crippen LogP contribution in [0.3, 0.4) is 0 Å². The lowest BCUT2D eigenvalue weighted by Crippen LogP contribution is -1.95. The summed E-state index contributed by atoms with van der Waals surface area (Å²) in [7, 11) is 0. The molecule has 0 fully saturated rings. The molecule has 38 heavy (non-hydrogen) atoms. The number of aryl methyl sites for hydroxylation is 1. The number of rotatable bonds is 4. The number of nitrogens with zero attached hydrogens (tertiary/aromatic N) is 3. The fraction of sp³-hybridized carbons (Fsp3) is 0.0294. The average molecular weight is 490 g/mol. The number of pyridine rings is 1. The molecular weight excluding hydrogens is 466 g/mol. The molecule has 0 aliphatic carbocycles. The van der Waals surface area contributed by atoms with Crippen LogP contribution in [0.15, 0.2) is 126 Å². The van der Waals surface area contributed by atoms with Gasteiger partial charge in [-0.15, -0.1) is 0 Å². The van der Waals surface area contributed by atoms with Crippen LogP contribution in [-0.4, -0.2) is 15.0 Å². The van der Waals surface area contributed by atoms with Crippen LogP contribution in [0.4, 0.5) is 0 Å². The van der Waals surface area contributed by atoms with E-state index in [4.69, 9.17) is 14.4 Å². The second kappa shape index (κ2) is 9.09. The van der Waals surface area contributed by atoms with Crippen LogP contribution in [0.2, 0.25) is 0 Å². The molecule has 0 saturated carbocycles. The fourth-order valence-corrected chi connectivity index (χ4v) is 4.83. The summed E-state index contributed by atoms with van der Waals surface area (Å²) in [5.74, 6) is 0.714. The van der Waals surface area contributed by atoms with Gasteiger partial charge in [-0.25, -0.2) is 9.97 Å². The van der Waals surface area contributed by atoms with Crippen LogP contribution < -0.4 is 0 Å². The smallest absolute Gasteiger partial charge is 0.160 e. The van der Waals surface area contributed by atoms with Crippen molar-refractivity contribution in [3.63, 3.8) is 0 Å². The zero-order valence-electron chi connectivity index (χ0n) is 20.8. The minimum atomic E-state index is 0.714. The highest BCUT2D eigenvalue weighted by Gasteiger charge is 2.12. The maximum Gasteiger partial charge on any atom is 0.160 e. The lowest BCUT2D eigenvalue weighted by Gasteiger charge is -2.10. The van der Waals surface area contributed by atoms with Gasteiger partial charge in [0.25, 0.3) is 0 Å². The first-order valence-corrected chi connectivity index (χ1v) is 12.6. The van der Waals surface area contributed by atoms with E-state index in [1.165, 1.54) is 0 Å². The molecule has 7 aromatic rings. The highest BCUT2D eigenvalue weighted by molar-refractivity contribution is 6.04. The van der Waals surface area contributed by atoms with E-state index in [9.17, 15) is 0 Å². The predicted octanol–water partition coefficient (Wildman–Crippen LogP) is 8.75. The molecule has 0 aliphatic heterocycles. The zero-order chi connectivity index (χ0) is 25.5. The Kier molecular flexibility index (Phi) is 5.30. The molecule has 0 saturated heterocycles. The van der Waals surface area contributed by atoms with Gasteiger partial charge in [-0.2, -0.15) is 0 Å². The third-order valence-corrected chi connectivity index (χ3v) is 6.79. The molecule has 3 aromatic heterocycles. The monoisotopic (exact) mass is 489 g/mol. The number of fused-ring (bicyclic) bond motifs is 3. The zero-order valence-corrected chi connectivity index (χ0v) is 20.8. The SMILES string of the molecule is Cc1cnc2c(c1)oc1ccc(-c3ccc(-c4cc(-c5ccccc5)nc(-c5ccccc5)n4)cc3)cc12. The van der Waals surface area contributed by atoms with Crippen molar-refractivity contribution >= 4 is 22.1 Å². The second-order valence-corrected chi connectivity index (χ2v) is 9.44. The van der Waals surface area contributed by atoms with Crippen molar-refractivity contribution in [2.45, 2.75) is 6.92 Å². The van der Waals surface area contributed by atoms with Gasteiger partial charge in [0, 0.05) is 28.3 Å². The summed E-state index contributed by atoms with van der Waals surface area (Å²) in [5, 5.41) is 1.03. The molecule has 0 spiro atoms. The Hall–Kier alpha value is -5.09. The number of hydrogen-bond acceptors (Lipinski definition) is 4. The Labute approximate surface area is 220 Å². The highest BCUT2D eigenvalue weighted by Crippen LogP contribution is 2.33. The van der Waals surface area contributed by atoms with Crippen molar-refractivity contribution < 1.29 is 4.42 Å². The third kappa shape index (κ3) is 4.02. The van der Waals surface area contributed by atoms with Gasteiger partial charge in [0.1, 0.15) is 11.1 Å². The van der Waals surface area contributed by atoms with Crippen molar-refractivity contribution in [1.82, 2.24) is 15.0 Å². The molecule has 0 amide bonds. The summed E-state index contributed by atoms with van der Waals surface area (Å²) < 4.78 is 6.02. The van der Waals surface area contributed by atoms with E-state index < -0.39 is 0 Å². The molecule has 3 heterocycles. The molecule has 4 heteroatoms. The minimum absolute atomic E-state index is 0.714. The van der Waals surface area contributed by atoms with E-state index in [1.54, 1.807) is 0 Å². The van der Waals surface area contributed by atoms with E-state index in [1.807, 2.05) is 73.8 Å². The fourth-order valence-electron chi connectivity index (χ4n) is 4.83. The maximum atomic E-state index is 6.02. The molecule has 0 unspecified atom stereocenters. The van der Waals surface area contributed by atoms with E-state index in [-0.39, 0.29) is 0 Å². The van der Waals surface area contributed by atoms with Crippen molar-refractivity contribution in [3.05, 3.63) is 127 Å². The van der Waals surface area contributed by atoms with E-state index in [2.05, 4.69) is 59.6 Å². The summed E-state index contributed by atoms with van der Waals surface area (Å²) in [4.78, 5) is 14.5. The van der Waals surface area contributed by atoms with E-state index >= 15 is 0 Å². The number of benzene rings is 4. The third-order valence-electron chi connectivity index (χ3n) is 6.79. The van der Waals surface area contributed by atoms with Gasteiger partial charge >= 0.3 is 0 Å². The molecular formula is C34H23N3O. The largest absolute Gasteiger partial charge is 0.454 e. The standard InChI is InChI=1S/C34H23N3O/c1-22-18-32-33(35-21-22)28-19-27(16-17-31(28)38-32)23-12-14-25(15-13-23)30-20-29(24-8-4-2-5-9-24)36-34(37-30)26-10-6-3-7-11-26/h2-21H,1H3. The molecule has 0 radical (unpaired) electrons. The molecule has 180 valence electrons. The van der Waals surface area contributed by atoms with Crippen LogP contribution in [0.25, 0.3) is 67.1 Å². The number of hydrogen-bond donors (Lipinski definition) is 0. The molecule has 0 aliphatic rings. The van der Waals surface area contributed by atoms with Crippen molar-refractivity contribution in [1.29, 1.82) is 0 Å². The topological polar surface area (TPSA) is 51.8 Å². The van der Waals surface area contributed by atoms with Gasteiger partial charge in [-0.1, -0.05) is 91.0 Å². The Bertz CT molecular complexity index is 1850. The lowest BCUT2D eigenvalue weighted by atomic mass is 10.0. The lowest BCUT2D eigenvalue weighted by molar-refractivity contribution is 0.667. The van der Waals surface area contributed by atoms with Crippen molar-refractivity contribution in [2.24, 2.45) is 0 Å². The molecule has 7 rings (SSSR count). The van der Waals surface area contributed by atoms with Crippen molar-refractivity contribution in [2.75, 3.05) is 0 Å². The summed E-state index contributed by atoms with van der Waals surface area (Å²) in [6, 6.07) is 39.3. The van der Waals surface area contributed by atoms with E-state index in [0.717, 1.165) is 66.8 Å². The predicted molar refractivity (Wildman–Crippen MR) is 154 cm³/mol. The van der Waals surface area contributed by atoms with Crippen LogP contribution >= 0.6 is 0 Å². The molecule has 4 nitrogen and oxygen atoms in total. The molecule has 0 N–H and O–H groups in total. The van der Waals surface area contributed by atoms with Crippen LogP contribution in [0.1, 0.15) is 5.56 Å².